The zero-order valence-corrected chi connectivity index (χ0v) is 19.8. The average Bonchev–Trinajstić information content (AvgIpc) is 3.11. The number of anilines is 3. The van der Waals surface area contributed by atoms with Crippen molar-refractivity contribution in [1.82, 2.24) is 9.88 Å². The van der Waals surface area contributed by atoms with Crippen molar-refractivity contribution >= 4 is 40.7 Å². The van der Waals surface area contributed by atoms with Crippen LogP contribution in [0.2, 0.25) is 5.02 Å². The minimum atomic E-state index is -4.44. The topological polar surface area (TPSA) is 77.6 Å². The predicted octanol–water partition coefficient (Wildman–Crippen LogP) is 5.75. The first-order valence-electron chi connectivity index (χ1n) is 11.2. The molecule has 3 amide bonds. The van der Waals surface area contributed by atoms with Crippen LogP contribution in [0.1, 0.15) is 22.3 Å². The molecule has 2 aromatic carbocycles. The third-order valence-electron chi connectivity index (χ3n) is 5.69. The number of rotatable bonds is 4. The number of hydrogen-bond donors (Lipinski definition) is 2. The first-order chi connectivity index (χ1) is 17.2. The number of benzene rings is 2. The second kappa shape index (κ2) is 10.9. The molecule has 3 aromatic rings. The highest BCUT2D eigenvalue weighted by molar-refractivity contribution is 6.33. The van der Waals surface area contributed by atoms with E-state index in [1.54, 1.807) is 41.3 Å². The van der Waals surface area contributed by atoms with Crippen molar-refractivity contribution in [3.8, 4) is 0 Å². The molecule has 188 valence electrons. The maximum atomic E-state index is 12.9. The Balaban J connectivity index is 1.31. The second-order valence-corrected chi connectivity index (χ2v) is 8.58. The van der Waals surface area contributed by atoms with Crippen LogP contribution in [-0.2, 0) is 6.18 Å². The molecule has 0 atom stereocenters. The van der Waals surface area contributed by atoms with Gasteiger partial charge < -0.3 is 20.4 Å². The molecule has 2 heterocycles. The lowest BCUT2D eigenvalue weighted by molar-refractivity contribution is -0.137. The van der Waals surface area contributed by atoms with E-state index in [0.717, 1.165) is 18.6 Å². The number of carbonyl (C=O) groups excluding carboxylic acids is 2. The van der Waals surface area contributed by atoms with Gasteiger partial charge in [-0.2, -0.15) is 13.2 Å². The molecule has 1 aliphatic rings. The fourth-order valence-electron chi connectivity index (χ4n) is 3.84. The SMILES string of the molecule is O=C(Nc1ccc(C(F)(F)F)cc1)Nc1ccc(N2CCCN(C(=O)c3ccccc3Cl)CC2)nc1. The van der Waals surface area contributed by atoms with Gasteiger partial charge in [0.2, 0.25) is 0 Å². The van der Waals surface area contributed by atoms with E-state index in [2.05, 4.69) is 20.5 Å². The molecule has 1 aliphatic heterocycles. The fourth-order valence-corrected chi connectivity index (χ4v) is 4.05. The third kappa shape index (κ3) is 6.25. The quantitative estimate of drug-likeness (QED) is 0.462. The molecule has 7 nitrogen and oxygen atoms in total. The smallest absolute Gasteiger partial charge is 0.355 e. The number of nitrogens with zero attached hydrogens (tertiary/aromatic N) is 3. The highest BCUT2D eigenvalue weighted by Gasteiger charge is 2.30. The molecule has 2 N–H and O–H groups in total. The summed E-state index contributed by atoms with van der Waals surface area (Å²) in [4.78, 5) is 33.3. The highest BCUT2D eigenvalue weighted by Crippen LogP contribution is 2.30. The van der Waals surface area contributed by atoms with Crippen molar-refractivity contribution < 1.29 is 22.8 Å². The Morgan fingerprint density at radius 3 is 2.22 bits per heavy atom. The number of aromatic nitrogens is 1. The van der Waals surface area contributed by atoms with Crippen LogP contribution in [-0.4, -0.2) is 48.0 Å². The summed E-state index contributed by atoms with van der Waals surface area (Å²) < 4.78 is 38.0. The van der Waals surface area contributed by atoms with Gasteiger partial charge in [0.15, 0.2) is 0 Å². The van der Waals surface area contributed by atoms with Crippen molar-refractivity contribution in [1.29, 1.82) is 0 Å². The normalized spacial score (nSPS) is 14.2. The number of urea groups is 1. The number of carbonyl (C=O) groups is 2. The van der Waals surface area contributed by atoms with E-state index in [1.165, 1.54) is 18.3 Å². The summed E-state index contributed by atoms with van der Waals surface area (Å²) in [5.41, 5.74) is 0.341. The van der Waals surface area contributed by atoms with Crippen LogP contribution in [0.25, 0.3) is 0 Å². The van der Waals surface area contributed by atoms with Gasteiger partial charge in [-0.15, -0.1) is 0 Å². The first-order valence-corrected chi connectivity index (χ1v) is 11.6. The first kappa shape index (κ1) is 25.3. The summed E-state index contributed by atoms with van der Waals surface area (Å²) >= 11 is 6.18. The van der Waals surface area contributed by atoms with Crippen LogP contribution < -0.4 is 15.5 Å². The lowest BCUT2D eigenvalue weighted by atomic mass is 10.2. The number of hydrogen-bond acceptors (Lipinski definition) is 4. The van der Waals surface area contributed by atoms with Crippen LogP contribution in [0.15, 0.2) is 66.9 Å². The Kier molecular flexibility index (Phi) is 7.64. The number of pyridine rings is 1. The molecular weight excluding hydrogens is 495 g/mol. The van der Waals surface area contributed by atoms with Gasteiger partial charge in [0, 0.05) is 31.9 Å². The molecule has 0 aliphatic carbocycles. The minimum Gasteiger partial charge on any atom is -0.355 e. The number of amides is 3. The highest BCUT2D eigenvalue weighted by atomic mass is 35.5. The van der Waals surface area contributed by atoms with E-state index < -0.39 is 17.8 Å². The van der Waals surface area contributed by atoms with Crippen molar-refractivity contribution in [3.05, 3.63) is 83.0 Å². The summed E-state index contributed by atoms with van der Waals surface area (Å²) in [6, 6.07) is 14.0. The lowest BCUT2D eigenvalue weighted by Crippen LogP contribution is -2.35. The summed E-state index contributed by atoms with van der Waals surface area (Å²) in [7, 11) is 0. The predicted molar refractivity (Wildman–Crippen MR) is 133 cm³/mol. The van der Waals surface area contributed by atoms with Crippen LogP contribution >= 0.6 is 11.6 Å². The molecule has 36 heavy (non-hydrogen) atoms. The van der Waals surface area contributed by atoms with Crippen LogP contribution in [0.4, 0.5) is 35.2 Å². The summed E-state index contributed by atoms with van der Waals surface area (Å²) in [6.45, 7) is 2.41. The van der Waals surface area contributed by atoms with Crippen molar-refractivity contribution in [2.24, 2.45) is 0 Å². The van der Waals surface area contributed by atoms with Gasteiger partial charge in [-0.25, -0.2) is 9.78 Å². The Hall–Kier alpha value is -3.79. The molecule has 1 fully saturated rings. The molecule has 1 saturated heterocycles. The number of halogens is 4. The van der Waals surface area contributed by atoms with E-state index in [0.29, 0.717) is 48.3 Å². The van der Waals surface area contributed by atoms with Gasteiger partial charge in [0.1, 0.15) is 5.82 Å². The number of nitrogens with one attached hydrogen (secondary N) is 2. The van der Waals surface area contributed by atoms with Gasteiger partial charge in [-0.3, -0.25) is 4.79 Å². The molecule has 0 unspecified atom stereocenters. The van der Waals surface area contributed by atoms with Crippen LogP contribution in [0.5, 0.6) is 0 Å². The van der Waals surface area contributed by atoms with Gasteiger partial charge >= 0.3 is 12.2 Å². The lowest BCUT2D eigenvalue weighted by Gasteiger charge is -2.23. The molecule has 0 bridgehead atoms. The Morgan fingerprint density at radius 1 is 0.861 bits per heavy atom. The Bertz CT molecular complexity index is 1220. The fraction of sp³-hybridized carbons (Fsp3) is 0.240. The van der Waals surface area contributed by atoms with Gasteiger partial charge in [0.05, 0.1) is 28.0 Å². The molecule has 0 saturated carbocycles. The number of alkyl halides is 3. The van der Waals surface area contributed by atoms with E-state index in [4.69, 9.17) is 11.6 Å². The van der Waals surface area contributed by atoms with Gasteiger partial charge in [-0.05, 0) is 55.0 Å². The van der Waals surface area contributed by atoms with Crippen molar-refractivity contribution in [2.45, 2.75) is 12.6 Å². The summed E-state index contributed by atoms with van der Waals surface area (Å²) in [5, 5.41) is 5.52. The van der Waals surface area contributed by atoms with Gasteiger partial charge in [-0.1, -0.05) is 23.7 Å². The zero-order chi connectivity index (χ0) is 25.7. The summed E-state index contributed by atoms with van der Waals surface area (Å²) in [5.74, 6) is 0.602. The zero-order valence-electron chi connectivity index (χ0n) is 19.1. The van der Waals surface area contributed by atoms with E-state index in [1.807, 2.05) is 0 Å². The largest absolute Gasteiger partial charge is 0.416 e. The van der Waals surface area contributed by atoms with Crippen LogP contribution in [0, 0.1) is 0 Å². The average molecular weight is 518 g/mol. The second-order valence-electron chi connectivity index (χ2n) is 8.17. The Morgan fingerprint density at radius 2 is 1.56 bits per heavy atom. The van der Waals surface area contributed by atoms with E-state index in [-0.39, 0.29) is 11.6 Å². The molecule has 11 heteroatoms. The molecule has 4 rings (SSSR count). The summed E-state index contributed by atoms with van der Waals surface area (Å²) in [6.07, 6.45) is -2.18. The maximum absolute atomic E-state index is 12.9. The van der Waals surface area contributed by atoms with Crippen LogP contribution in [0.3, 0.4) is 0 Å². The maximum Gasteiger partial charge on any atom is 0.416 e. The molecule has 0 radical (unpaired) electrons. The van der Waals surface area contributed by atoms with Crippen molar-refractivity contribution in [3.63, 3.8) is 0 Å². The third-order valence-corrected chi connectivity index (χ3v) is 6.02. The van der Waals surface area contributed by atoms with Crippen molar-refractivity contribution in [2.75, 3.05) is 41.7 Å². The Labute approximate surface area is 210 Å². The van der Waals surface area contributed by atoms with E-state index in [9.17, 15) is 22.8 Å². The molecule has 1 aromatic heterocycles. The monoisotopic (exact) mass is 517 g/mol. The van der Waals surface area contributed by atoms with Gasteiger partial charge in [0.25, 0.3) is 5.91 Å². The van der Waals surface area contributed by atoms with E-state index >= 15 is 0 Å². The minimum absolute atomic E-state index is 0.103. The standard InChI is InChI=1S/C25H23ClF3N5O2/c26-21-5-2-1-4-20(21)23(35)34-13-3-12-33(14-15-34)22-11-10-19(16-30-22)32-24(36)31-18-8-6-17(7-9-18)25(27,28)29/h1-2,4-11,16H,3,12-15H2,(H2,31,32,36). The molecular formula is C25H23ClF3N5O2. The molecule has 0 spiro atoms.